The molecule has 0 spiro atoms. The van der Waals surface area contributed by atoms with E-state index in [2.05, 4.69) is 21.3 Å². The van der Waals surface area contributed by atoms with Crippen LogP contribution in [0.15, 0.2) is 0 Å². The number of nitrogens with one attached hydrogen (secondary N) is 4. The van der Waals surface area contributed by atoms with Gasteiger partial charge in [0.2, 0.25) is 11.8 Å². The molecule has 0 rings (SSSR count). The number of carbonyl (C=O) groups is 2. The molecule has 0 aliphatic rings. The molecule has 6 heteroatoms. The second kappa shape index (κ2) is 14.9. The zero-order valence-electron chi connectivity index (χ0n) is 11.4. The number of hydrogen-bond donors (Lipinski definition) is 4. The van der Waals surface area contributed by atoms with Crippen molar-refractivity contribution in [1.29, 1.82) is 0 Å². The summed E-state index contributed by atoms with van der Waals surface area (Å²) in [6.45, 7) is 6.24. The Bertz CT molecular complexity index is 190. The molecule has 6 nitrogen and oxygen atoms in total. The maximum absolute atomic E-state index is 10.6. The van der Waals surface area contributed by atoms with E-state index < -0.39 is 0 Å². The minimum absolute atomic E-state index is 0.0509. The van der Waals surface area contributed by atoms with Gasteiger partial charge in [0.1, 0.15) is 0 Å². The smallest absolute Gasteiger partial charge is 0.233 e. The number of likely N-dealkylation sites (N-methyl/N-ethyl adjacent to an activating group) is 3. The Morgan fingerprint density at radius 3 is 1.71 bits per heavy atom. The van der Waals surface area contributed by atoms with E-state index in [1.165, 1.54) is 0 Å². The van der Waals surface area contributed by atoms with Crippen molar-refractivity contribution in [3.63, 3.8) is 0 Å². The molecule has 0 saturated carbocycles. The van der Waals surface area contributed by atoms with Crippen LogP contribution in [-0.4, -0.2) is 52.1 Å². The normalized spacial score (nSPS) is 8.94. The fourth-order valence-electron chi connectivity index (χ4n) is 0.908. The lowest BCUT2D eigenvalue weighted by molar-refractivity contribution is -0.120. The molecular weight excluding hydrogens is 220 g/mol. The van der Waals surface area contributed by atoms with E-state index in [0.717, 1.165) is 13.0 Å². The molecule has 0 aliphatic heterocycles. The molecule has 0 atom stereocenters. The van der Waals surface area contributed by atoms with Crippen molar-refractivity contribution < 1.29 is 9.59 Å². The van der Waals surface area contributed by atoms with Gasteiger partial charge < -0.3 is 21.3 Å². The monoisotopic (exact) mass is 246 g/mol. The van der Waals surface area contributed by atoms with Crippen LogP contribution in [0.2, 0.25) is 0 Å². The molecule has 0 saturated heterocycles. The van der Waals surface area contributed by atoms with Crippen molar-refractivity contribution in [1.82, 2.24) is 21.3 Å². The third-order valence-electron chi connectivity index (χ3n) is 1.62. The van der Waals surface area contributed by atoms with Gasteiger partial charge in [-0.3, -0.25) is 9.59 Å². The van der Waals surface area contributed by atoms with Crippen molar-refractivity contribution in [2.24, 2.45) is 0 Å². The lowest BCUT2D eigenvalue weighted by Crippen LogP contribution is -2.32. The Morgan fingerprint density at radius 1 is 0.882 bits per heavy atom. The molecule has 0 aromatic carbocycles. The van der Waals surface area contributed by atoms with Crippen LogP contribution in [-0.2, 0) is 9.59 Å². The number of rotatable bonds is 7. The molecule has 0 aliphatic carbocycles. The predicted octanol–water partition coefficient (Wildman–Crippen LogP) is -0.926. The average Bonchev–Trinajstić information content (AvgIpc) is 2.28. The molecule has 0 aromatic heterocycles. The summed E-state index contributed by atoms with van der Waals surface area (Å²) < 4.78 is 0. The average molecular weight is 246 g/mol. The minimum atomic E-state index is 0.0509. The second-order valence-electron chi connectivity index (χ2n) is 3.36. The van der Waals surface area contributed by atoms with Crippen molar-refractivity contribution >= 4 is 11.8 Å². The lowest BCUT2D eigenvalue weighted by Gasteiger charge is -2.00. The van der Waals surface area contributed by atoms with Gasteiger partial charge in [-0.2, -0.15) is 0 Å². The Morgan fingerprint density at radius 2 is 1.35 bits per heavy atom. The van der Waals surface area contributed by atoms with E-state index >= 15 is 0 Å². The van der Waals surface area contributed by atoms with Crippen molar-refractivity contribution in [3.8, 4) is 0 Å². The zero-order valence-corrected chi connectivity index (χ0v) is 11.4. The topological polar surface area (TPSA) is 82.3 Å². The largest absolute Gasteiger partial charge is 0.355 e. The van der Waals surface area contributed by atoms with Gasteiger partial charge in [-0.25, -0.2) is 0 Å². The molecule has 0 aromatic rings. The third kappa shape index (κ3) is 17.5. The van der Waals surface area contributed by atoms with Gasteiger partial charge in [0.15, 0.2) is 0 Å². The number of amides is 2. The molecule has 102 valence electrons. The standard InChI is InChI=1S/C6H14N2O.C5H12N2O/c1-3-4-8-6(9)5-7-2;1-3-7-5(8)4-6-2/h7H,3-5H2,1-2H3,(H,8,9);6H,3-4H2,1-2H3,(H,7,8). The SMILES string of the molecule is CCCNC(=O)CNC.CCNC(=O)CNC. The highest BCUT2D eigenvalue weighted by Gasteiger charge is 1.93. The highest BCUT2D eigenvalue weighted by Crippen LogP contribution is 1.68. The fraction of sp³-hybridized carbons (Fsp3) is 0.818. The van der Waals surface area contributed by atoms with Gasteiger partial charge >= 0.3 is 0 Å². The summed E-state index contributed by atoms with van der Waals surface area (Å²) in [7, 11) is 3.50. The summed E-state index contributed by atoms with van der Waals surface area (Å²) in [6.07, 6.45) is 0.995. The van der Waals surface area contributed by atoms with Crippen LogP contribution in [0.5, 0.6) is 0 Å². The third-order valence-corrected chi connectivity index (χ3v) is 1.62. The first-order valence-electron chi connectivity index (χ1n) is 5.94. The highest BCUT2D eigenvalue weighted by molar-refractivity contribution is 5.78. The van der Waals surface area contributed by atoms with E-state index in [-0.39, 0.29) is 11.8 Å². The van der Waals surface area contributed by atoms with Crippen LogP contribution >= 0.6 is 0 Å². The van der Waals surface area contributed by atoms with E-state index in [9.17, 15) is 9.59 Å². The van der Waals surface area contributed by atoms with Crippen molar-refractivity contribution in [2.45, 2.75) is 20.3 Å². The molecule has 0 bridgehead atoms. The fourth-order valence-corrected chi connectivity index (χ4v) is 0.908. The minimum Gasteiger partial charge on any atom is -0.355 e. The number of hydrogen-bond acceptors (Lipinski definition) is 4. The van der Waals surface area contributed by atoms with Crippen LogP contribution in [0.1, 0.15) is 20.3 Å². The summed E-state index contributed by atoms with van der Waals surface area (Å²) in [4.78, 5) is 21.1. The Labute approximate surface area is 104 Å². The molecular formula is C11H26N4O2. The van der Waals surface area contributed by atoms with Gasteiger partial charge in [-0.15, -0.1) is 0 Å². The maximum atomic E-state index is 10.6. The maximum Gasteiger partial charge on any atom is 0.233 e. The van der Waals surface area contributed by atoms with Gasteiger partial charge in [0.25, 0.3) is 0 Å². The van der Waals surface area contributed by atoms with E-state index in [0.29, 0.717) is 19.6 Å². The summed E-state index contributed by atoms with van der Waals surface area (Å²) in [5.41, 5.74) is 0. The van der Waals surface area contributed by atoms with Crippen LogP contribution in [0.3, 0.4) is 0 Å². The van der Waals surface area contributed by atoms with Gasteiger partial charge in [-0.1, -0.05) is 6.92 Å². The summed E-state index contributed by atoms with van der Waals surface area (Å²) in [5, 5.41) is 10.9. The summed E-state index contributed by atoms with van der Waals surface area (Å²) in [6, 6.07) is 0. The Balaban J connectivity index is 0. The summed E-state index contributed by atoms with van der Waals surface area (Å²) in [5.74, 6) is 0.120. The van der Waals surface area contributed by atoms with E-state index in [4.69, 9.17) is 0 Å². The molecule has 17 heavy (non-hydrogen) atoms. The predicted molar refractivity (Wildman–Crippen MR) is 69.8 cm³/mol. The summed E-state index contributed by atoms with van der Waals surface area (Å²) >= 11 is 0. The van der Waals surface area contributed by atoms with Gasteiger partial charge in [0.05, 0.1) is 13.1 Å². The molecule has 0 fully saturated rings. The van der Waals surface area contributed by atoms with E-state index in [1.807, 2.05) is 13.8 Å². The molecule has 0 unspecified atom stereocenters. The molecule has 4 N–H and O–H groups in total. The van der Waals surface area contributed by atoms with Crippen molar-refractivity contribution in [3.05, 3.63) is 0 Å². The lowest BCUT2D eigenvalue weighted by atomic mass is 10.4. The highest BCUT2D eigenvalue weighted by atomic mass is 16.2. The molecule has 0 heterocycles. The van der Waals surface area contributed by atoms with Gasteiger partial charge in [-0.05, 0) is 27.4 Å². The van der Waals surface area contributed by atoms with Crippen LogP contribution in [0.25, 0.3) is 0 Å². The van der Waals surface area contributed by atoms with Crippen LogP contribution in [0.4, 0.5) is 0 Å². The first-order valence-corrected chi connectivity index (χ1v) is 5.94. The second-order valence-corrected chi connectivity index (χ2v) is 3.36. The van der Waals surface area contributed by atoms with Crippen LogP contribution in [0, 0.1) is 0 Å². The first-order chi connectivity index (χ1) is 8.12. The van der Waals surface area contributed by atoms with Crippen molar-refractivity contribution in [2.75, 3.05) is 40.3 Å². The molecule has 0 radical (unpaired) electrons. The zero-order chi connectivity index (χ0) is 13.5. The first kappa shape index (κ1) is 18.2. The quantitative estimate of drug-likeness (QED) is 0.468. The Hall–Kier alpha value is -1.14. The van der Waals surface area contributed by atoms with E-state index in [1.54, 1.807) is 14.1 Å². The van der Waals surface area contributed by atoms with Gasteiger partial charge in [0, 0.05) is 13.1 Å². The number of carbonyl (C=O) groups excluding carboxylic acids is 2. The molecule has 2 amide bonds. The van der Waals surface area contributed by atoms with Crippen LogP contribution < -0.4 is 21.3 Å². The Kier molecular flexibility index (Phi) is 15.9.